The van der Waals surface area contributed by atoms with Crippen LogP contribution in [0, 0.1) is 20.8 Å². The molecule has 0 saturated heterocycles. The number of nitrogens with zero attached hydrogens (tertiary/aromatic N) is 5. The Balaban J connectivity index is 1.40. The van der Waals surface area contributed by atoms with Crippen LogP contribution in [0.5, 0.6) is 0 Å². The summed E-state index contributed by atoms with van der Waals surface area (Å²) in [6.45, 7) is 5.54. The zero-order chi connectivity index (χ0) is 24.5. The predicted molar refractivity (Wildman–Crippen MR) is 133 cm³/mol. The van der Waals surface area contributed by atoms with Crippen LogP contribution in [-0.4, -0.2) is 36.5 Å². The molecule has 5 aromatic rings. The van der Waals surface area contributed by atoms with Gasteiger partial charge in [0.05, 0.1) is 10.6 Å². The number of hydrazine groups is 1. The van der Waals surface area contributed by atoms with Crippen LogP contribution < -0.4 is 10.9 Å². The van der Waals surface area contributed by atoms with Crippen LogP contribution in [0.2, 0.25) is 0 Å². The lowest BCUT2D eigenvalue weighted by molar-refractivity contribution is 0.0843. The number of thiophene rings is 1. The second-order valence-corrected chi connectivity index (χ2v) is 8.87. The number of para-hydroxylation sites is 1. The van der Waals surface area contributed by atoms with Crippen molar-refractivity contribution in [3.63, 3.8) is 0 Å². The molecule has 0 fully saturated rings. The van der Waals surface area contributed by atoms with E-state index in [0.717, 1.165) is 32.7 Å². The van der Waals surface area contributed by atoms with E-state index in [9.17, 15) is 9.59 Å². The van der Waals surface area contributed by atoms with E-state index < -0.39 is 11.8 Å². The number of benzene rings is 2. The zero-order valence-electron chi connectivity index (χ0n) is 19.2. The van der Waals surface area contributed by atoms with Crippen molar-refractivity contribution in [2.45, 2.75) is 20.8 Å². The molecule has 2 amide bonds. The van der Waals surface area contributed by atoms with Crippen molar-refractivity contribution in [1.29, 1.82) is 0 Å². The first-order valence-electron chi connectivity index (χ1n) is 10.9. The van der Waals surface area contributed by atoms with E-state index in [0.29, 0.717) is 16.5 Å². The highest BCUT2D eigenvalue weighted by Gasteiger charge is 2.22. The lowest BCUT2D eigenvalue weighted by Crippen LogP contribution is -2.42. The minimum absolute atomic E-state index is 0.0709. The average Bonchev–Trinajstić information content (AvgIpc) is 3.45. The van der Waals surface area contributed by atoms with Crippen LogP contribution in [0.3, 0.4) is 0 Å². The van der Waals surface area contributed by atoms with Crippen molar-refractivity contribution in [1.82, 2.24) is 35.6 Å². The molecule has 3 aromatic heterocycles. The van der Waals surface area contributed by atoms with Gasteiger partial charge in [-0.25, -0.2) is 19.6 Å². The minimum atomic E-state index is -0.629. The summed E-state index contributed by atoms with van der Waals surface area (Å²) >= 11 is 1.26. The number of fused-ring (bicyclic) bond motifs is 1. The van der Waals surface area contributed by atoms with E-state index in [4.69, 9.17) is 0 Å². The Labute approximate surface area is 204 Å². The number of rotatable bonds is 4. The van der Waals surface area contributed by atoms with Crippen LogP contribution in [0.15, 0.2) is 60.7 Å². The van der Waals surface area contributed by atoms with Gasteiger partial charge in [-0.15, -0.1) is 16.4 Å². The summed E-state index contributed by atoms with van der Waals surface area (Å²) in [6.07, 6.45) is 0. The normalized spacial score (nSPS) is 10.9. The monoisotopic (exact) mass is 483 g/mol. The van der Waals surface area contributed by atoms with Crippen LogP contribution in [0.1, 0.15) is 37.4 Å². The van der Waals surface area contributed by atoms with Crippen molar-refractivity contribution in [2.24, 2.45) is 0 Å². The summed E-state index contributed by atoms with van der Waals surface area (Å²) in [5, 5.41) is 5.26. The Morgan fingerprint density at radius 1 is 0.829 bits per heavy atom. The lowest BCUT2D eigenvalue weighted by Gasteiger charge is -2.05. The molecular formula is C25H21N7O2S. The molecule has 0 aliphatic heterocycles. The summed E-state index contributed by atoms with van der Waals surface area (Å²) in [6, 6.07) is 18.9. The Kier molecular flexibility index (Phi) is 5.79. The first-order chi connectivity index (χ1) is 16.9. The van der Waals surface area contributed by atoms with E-state index in [1.807, 2.05) is 81.4 Å². The topological polar surface area (TPSA) is 115 Å². The standard InChI is InChI=1S/C25H21N7O2S/c1-14-19-15(2)26-16(3)27-25(19)35-20(14)23(33)29-30-24(34)21-28-22(17-10-6-4-7-11-17)32(31-21)18-12-8-5-9-13-18/h4-13H,1-3H3,(H,29,33)(H,30,34). The van der Waals surface area contributed by atoms with Crippen molar-refractivity contribution in [2.75, 3.05) is 0 Å². The van der Waals surface area contributed by atoms with Gasteiger partial charge in [0.25, 0.3) is 5.91 Å². The van der Waals surface area contributed by atoms with Crippen LogP contribution in [0.25, 0.3) is 27.3 Å². The van der Waals surface area contributed by atoms with Gasteiger partial charge in [-0.3, -0.25) is 20.4 Å². The molecule has 0 saturated carbocycles. The molecule has 3 heterocycles. The van der Waals surface area contributed by atoms with Gasteiger partial charge in [0.2, 0.25) is 5.82 Å². The number of hydrogen-bond acceptors (Lipinski definition) is 7. The Morgan fingerprint density at radius 2 is 1.49 bits per heavy atom. The van der Waals surface area contributed by atoms with Crippen molar-refractivity contribution < 1.29 is 9.59 Å². The number of hydrogen-bond donors (Lipinski definition) is 2. The van der Waals surface area contributed by atoms with Crippen LogP contribution in [0.4, 0.5) is 0 Å². The smallest absolute Gasteiger partial charge is 0.266 e. The third kappa shape index (κ3) is 4.26. The van der Waals surface area contributed by atoms with E-state index in [1.54, 1.807) is 4.68 Å². The van der Waals surface area contributed by atoms with Crippen molar-refractivity contribution in [3.8, 4) is 17.1 Å². The van der Waals surface area contributed by atoms with Crippen molar-refractivity contribution in [3.05, 3.63) is 88.4 Å². The van der Waals surface area contributed by atoms with Gasteiger partial charge in [0.1, 0.15) is 10.7 Å². The fourth-order valence-electron chi connectivity index (χ4n) is 3.85. The van der Waals surface area contributed by atoms with E-state index >= 15 is 0 Å². The largest absolute Gasteiger partial charge is 0.309 e. The molecule has 2 N–H and O–H groups in total. The molecule has 0 radical (unpaired) electrons. The molecule has 174 valence electrons. The molecule has 0 atom stereocenters. The number of aryl methyl sites for hydroxylation is 3. The molecular weight excluding hydrogens is 462 g/mol. The number of nitrogens with one attached hydrogen (secondary N) is 2. The number of carbonyl (C=O) groups is 2. The van der Waals surface area contributed by atoms with Gasteiger partial charge in [-0.05, 0) is 38.5 Å². The average molecular weight is 484 g/mol. The maximum absolute atomic E-state index is 12.9. The first-order valence-corrected chi connectivity index (χ1v) is 11.7. The van der Waals surface area contributed by atoms with E-state index in [2.05, 4.69) is 30.9 Å². The fraction of sp³-hybridized carbons (Fsp3) is 0.120. The number of carbonyl (C=O) groups excluding carboxylic acids is 2. The maximum Gasteiger partial charge on any atom is 0.309 e. The quantitative estimate of drug-likeness (QED) is 0.374. The summed E-state index contributed by atoms with van der Waals surface area (Å²) in [7, 11) is 0. The summed E-state index contributed by atoms with van der Waals surface area (Å²) < 4.78 is 1.60. The van der Waals surface area contributed by atoms with Gasteiger partial charge in [0, 0.05) is 16.6 Å². The lowest BCUT2D eigenvalue weighted by atomic mass is 10.1. The Morgan fingerprint density at radius 3 is 2.20 bits per heavy atom. The van der Waals surface area contributed by atoms with Crippen LogP contribution >= 0.6 is 11.3 Å². The Bertz CT molecular complexity index is 1500. The van der Waals surface area contributed by atoms with E-state index in [1.165, 1.54) is 11.3 Å². The predicted octanol–water partition coefficient (Wildman–Crippen LogP) is 3.94. The minimum Gasteiger partial charge on any atom is -0.266 e. The number of aromatic nitrogens is 5. The highest BCUT2D eigenvalue weighted by atomic mass is 32.1. The molecule has 0 spiro atoms. The molecule has 0 aliphatic rings. The van der Waals surface area contributed by atoms with Gasteiger partial charge in [-0.1, -0.05) is 48.5 Å². The van der Waals surface area contributed by atoms with Gasteiger partial charge in [0.15, 0.2) is 5.82 Å². The Hall–Kier alpha value is -4.44. The maximum atomic E-state index is 12.9. The molecule has 9 nitrogen and oxygen atoms in total. The molecule has 35 heavy (non-hydrogen) atoms. The third-order valence-corrected chi connectivity index (χ3v) is 6.61. The first kappa shape index (κ1) is 22.4. The molecule has 5 rings (SSSR count). The van der Waals surface area contributed by atoms with Gasteiger partial charge >= 0.3 is 5.91 Å². The molecule has 10 heteroatoms. The highest BCUT2D eigenvalue weighted by Crippen LogP contribution is 2.31. The summed E-state index contributed by atoms with van der Waals surface area (Å²) in [5.41, 5.74) is 8.06. The van der Waals surface area contributed by atoms with Crippen molar-refractivity contribution >= 4 is 33.4 Å². The molecule has 0 aliphatic carbocycles. The third-order valence-electron chi connectivity index (χ3n) is 5.42. The number of amides is 2. The van der Waals surface area contributed by atoms with Gasteiger partial charge in [-0.2, -0.15) is 0 Å². The summed E-state index contributed by atoms with van der Waals surface area (Å²) in [5.74, 6) is 0.0136. The summed E-state index contributed by atoms with van der Waals surface area (Å²) in [4.78, 5) is 40.2. The molecule has 0 unspecified atom stereocenters. The second-order valence-electron chi connectivity index (χ2n) is 7.87. The highest BCUT2D eigenvalue weighted by molar-refractivity contribution is 7.20. The van der Waals surface area contributed by atoms with Gasteiger partial charge < -0.3 is 0 Å². The molecule has 0 bridgehead atoms. The zero-order valence-corrected chi connectivity index (χ0v) is 20.1. The van der Waals surface area contributed by atoms with E-state index in [-0.39, 0.29) is 5.82 Å². The SMILES string of the molecule is Cc1nc(C)c2c(C)c(C(=O)NNC(=O)c3nc(-c4ccccc4)n(-c4ccccc4)n3)sc2n1. The van der Waals surface area contributed by atoms with Crippen LogP contribution in [-0.2, 0) is 0 Å². The fourth-order valence-corrected chi connectivity index (χ4v) is 5.02. The molecule has 2 aromatic carbocycles. The second kappa shape index (κ2) is 9.07.